The van der Waals surface area contributed by atoms with E-state index in [9.17, 15) is 0 Å². The third kappa shape index (κ3) is 7.37. The lowest BCUT2D eigenvalue weighted by Crippen LogP contribution is -2.38. The van der Waals surface area contributed by atoms with E-state index >= 15 is 0 Å². The first-order chi connectivity index (χ1) is 8.77. The second kappa shape index (κ2) is 11.0. The highest BCUT2D eigenvalue weighted by Crippen LogP contribution is 2.07. The van der Waals surface area contributed by atoms with Crippen LogP contribution in [-0.4, -0.2) is 32.8 Å². The maximum absolute atomic E-state index is 5.01. The summed E-state index contributed by atoms with van der Waals surface area (Å²) in [5.74, 6) is 0.831. The van der Waals surface area contributed by atoms with E-state index in [0.717, 1.165) is 19.0 Å². The number of aliphatic imine (C=N–C) groups is 1. The molecule has 5 heteroatoms. The fourth-order valence-corrected chi connectivity index (χ4v) is 1.56. The van der Waals surface area contributed by atoms with E-state index in [0.29, 0.717) is 13.2 Å². The Morgan fingerprint density at radius 2 is 2.00 bits per heavy atom. The number of aryl methyl sites for hydroxylation is 1. The molecule has 0 amide bonds. The molecule has 1 aromatic rings. The fraction of sp³-hybridized carbons (Fsp3) is 0.500. The minimum Gasteiger partial charge on any atom is -0.383 e. The van der Waals surface area contributed by atoms with Crippen LogP contribution in [0.1, 0.15) is 18.1 Å². The van der Waals surface area contributed by atoms with Crippen molar-refractivity contribution in [2.75, 3.05) is 26.8 Å². The summed E-state index contributed by atoms with van der Waals surface area (Å²) in [6, 6.07) is 8.31. The molecule has 0 saturated carbocycles. The number of hydrogen-bond acceptors (Lipinski definition) is 2. The van der Waals surface area contributed by atoms with Gasteiger partial charge in [-0.2, -0.15) is 0 Å². The van der Waals surface area contributed by atoms with E-state index in [1.54, 1.807) is 7.11 Å². The third-order valence-corrected chi connectivity index (χ3v) is 2.61. The Kier molecular flexibility index (Phi) is 10.6. The Morgan fingerprint density at radius 1 is 1.26 bits per heavy atom. The summed E-state index contributed by atoms with van der Waals surface area (Å²) in [4.78, 5) is 4.56. The molecule has 0 spiro atoms. The van der Waals surface area contributed by atoms with Crippen LogP contribution in [-0.2, 0) is 11.3 Å². The monoisotopic (exact) mass is 377 g/mol. The number of halogens is 1. The van der Waals surface area contributed by atoms with E-state index in [1.807, 2.05) is 12.1 Å². The highest BCUT2D eigenvalue weighted by atomic mass is 127. The van der Waals surface area contributed by atoms with Crippen LogP contribution in [0, 0.1) is 6.92 Å². The SMILES string of the molecule is CCNC(=NCc1ccccc1C)NCCOC.I. The molecule has 19 heavy (non-hydrogen) atoms. The number of nitrogens with zero attached hydrogens (tertiary/aromatic N) is 1. The summed E-state index contributed by atoms with van der Waals surface area (Å²) < 4.78 is 5.01. The summed E-state index contributed by atoms with van der Waals surface area (Å²) in [7, 11) is 1.69. The van der Waals surface area contributed by atoms with Gasteiger partial charge in [-0.15, -0.1) is 24.0 Å². The number of hydrogen-bond donors (Lipinski definition) is 2. The van der Waals surface area contributed by atoms with Crippen LogP contribution in [0.4, 0.5) is 0 Å². The number of benzene rings is 1. The molecule has 2 N–H and O–H groups in total. The van der Waals surface area contributed by atoms with E-state index in [2.05, 4.69) is 41.6 Å². The van der Waals surface area contributed by atoms with Crippen LogP contribution >= 0.6 is 24.0 Å². The lowest BCUT2D eigenvalue weighted by atomic mass is 10.1. The summed E-state index contributed by atoms with van der Waals surface area (Å²) in [6.07, 6.45) is 0. The molecule has 0 bridgehead atoms. The molecule has 0 aliphatic rings. The molecule has 0 unspecified atom stereocenters. The van der Waals surface area contributed by atoms with Crippen molar-refractivity contribution < 1.29 is 4.74 Å². The number of nitrogens with one attached hydrogen (secondary N) is 2. The van der Waals surface area contributed by atoms with Gasteiger partial charge in [0.05, 0.1) is 13.2 Å². The van der Waals surface area contributed by atoms with Gasteiger partial charge in [0.1, 0.15) is 0 Å². The second-order valence-corrected chi connectivity index (χ2v) is 4.04. The van der Waals surface area contributed by atoms with Gasteiger partial charge in [0.25, 0.3) is 0 Å². The van der Waals surface area contributed by atoms with E-state index in [1.165, 1.54) is 11.1 Å². The molecule has 1 rings (SSSR count). The molecule has 0 saturated heterocycles. The van der Waals surface area contributed by atoms with Gasteiger partial charge in [0.2, 0.25) is 0 Å². The zero-order valence-corrected chi connectivity index (χ0v) is 14.2. The van der Waals surface area contributed by atoms with Crippen LogP contribution in [0.5, 0.6) is 0 Å². The van der Waals surface area contributed by atoms with E-state index in [-0.39, 0.29) is 24.0 Å². The summed E-state index contributed by atoms with van der Waals surface area (Å²) in [5.41, 5.74) is 2.52. The molecule has 0 fully saturated rings. The minimum absolute atomic E-state index is 0. The van der Waals surface area contributed by atoms with Crippen LogP contribution in [0.25, 0.3) is 0 Å². The van der Waals surface area contributed by atoms with Crippen molar-refractivity contribution in [1.29, 1.82) is 0 Å². The van der Waals surface area contributed by atoms with Crippen molar-refractivity contribution in [2.45, 2.75) is 20.4 Å². The standard InChI is InChI=1S/C14H23N3O.HI/c1-4-15-14(16-9-10-18-3)17-11-13-8-6-5-7-12(13)2;/h5-8H,4,9-11H2,1-3H3,(H2,15,16,17);1H. The molecule has 0 aliphatic carbocycles. The summed E-state index contributed by atoms with van der Waals surface area (Å²) in [5, 5.41) is 6.44. The molecular weight excluding hydrogens is 353 g/mol. The maximum Gasteiger partial charge on any atom is 0.191 e. The average Bonchev–Trinajstić information content (AvgIpc) is 2.38. The highest BCUT2D eigenvalue weighted by molar-refractivity contribution is 14.0. The van der Waals surface area contributed by atoms with E-state index < -0.39 is 0 Å². The summed E-state index contributed by atoms with van der Waals surface area (Å²) in [6.45, 7) is 7.14. The number of rotatable bonds is 6. The molecule has 4 nitrogen and oxygen atoms in total. The third-order valence-electron chi connectivity index (χ3n) is 2.61. The van der Waals surface area contributed by atoms with Crippen molar-refractivity contribution in [3.8, 4) is 0 Å². The predicted molar refractivity (Wildman–Crippen MR) is 91.3 cm³/mol. The Hall–Kier alpha value is -0.820. The largest absolute Gasteiger partial charge is 0.383 e. The first-order valence-corrected chi connectivity index (χ1v) is 6.33. The fourth-order valence-electron chi connectivity index (χ4n) is 1.56. The Labute approximate surface area is 133 Å². The lowest BCUT2D eigenvalue weighted by molar-refractivity contribution is 0.203. The molecule has 0 heterocycles. The van der Waals surface area contributed by atoms with Gasteiger partial charge in [-0.3, -0.25) is 0 Å². The molecule has 1 aromatic carbocycles. The second-order valence-electron chi connectivity index (χ2n) is 4.04. The highest BCUT2D eigenvalue weighted by Gasteiger charge is 1.98. The zero-order chi connectivity index (χ0) is 13.2. The molecular formula is C14H24IN3O. The maximum atomic E-state index is 5.01. The number of ether oxygens (including phenoxy) is 1. The van der Waals surface area contributed by atoms with Gasteiger partial charge in [0.15, 0.2) is 5.96 Å². The van der Waals surface area contributed by atoms with Crippen molar-refractivity contribution >= 4 is 29.9 Å². The number of guanidine groups is 1. The quantitative estimate of drug-likeness (QED) is 0.346. The Morgan fingerprint density at radius 3 is 2.63 bits per heavy atom. The van der Waals surface area contributed by atoms with E-state index in [4.69, 9.17) is 4.74 Å². The molecule has 108 valence electrons. The minimum atomic E-state index is 0. The van der Waals surface area contributed by atoms with Crippen molar-refractivity contribution in [3.05, 3.63) is 35.4 Å². The molecule has 0 aromatic heterocycles. The first-order valence-electron chi connectivity index (χ1n) is 6.33. The predicted octanol–water partition coefficient (Wildman–Crippen LogP) is 2.31. The van der Waals surface area contributed by atoms with Gasteiger partial charge in [-0.1, -0.05) is 24.3 Å². The summed E-state index contributed by atoms with van der Waals surface area (Å²) >= 11 is 0. The molecule has 0 atom stereocenters. The molecule has 0 radical (unpaired) electrons. The Bertz CT molecular complexity index is 383. The zero-order valence-electron chi connectivity index (χ0n) is 11.9. The number of methoxy groups -OCH3 is 1. The van der Waals surface area contributed by atoms with Crippen molar-refractivity contribution in [2.24, 2.45) is 4.99 Å². The van der Waals surface area contributed by atoms with Crippen LogP contribution in [0.15, 0.2) is 29.3 Å². The molecule has 0 aliphatic heterocycles. The van der Waals surface area contributed by atoms with Crippen LogP contribution in [0.3, 0.4) is 0 Å². The van der Waals surface area contributed by atoms with Crippen LogP contribution < -0.4 is 10.6 Å². The van der Waals surface area contributed by atoms with Crippen molar-refractivity contribution in [1.82, 2.24) is 10.6 Å². The van der Waals surface area contributed by atoms with Gasteiger partial charge in [-0.25, -0.2) is 4.99 Å². The van der Waals surface area contributed by atoms with Gasteiger partial charge in [0, 0.05) is 20.2 Å². The Balaban J connectivity index is 0.00000324. The van der Waals surface area contributed by atoms with Gasteiger partial charge >= 0.3 is 0 Å². The average molecular weight is 377 g/mol. The normalized spacial score (nSPS) is 10.8. The van der Waals surface area contributed by atoms with Gasteiger partial charge in [-0.05, 0) is 25.0 Å². The smallest absolute Gasteiger partial charge is 0.191 e. The van der Waals surface area contributed by atoms with Crippen LogP contribution in [0.2, 0.25) is 0 Å². The topological polar surface area (TPSA) is 45.7 Å². The lowest BCUT2D eigenvalue weighted by Gasteiger charge is -2.11. The van der Waals surface area contributed by atoms with Crippen molar-refractivity contribution in [3.63, 3.8) is 0 Å². The van der Waals surface area contributed by atoms with Gasteiger partial charge < -0.3 is 15.4 Å². The first kappa shape index (κ1) is 18.2.